The Bertz CT molecular complexity index is 786. The summed E-state index contributed by atoms with van der Waals surface area (Å²) in [6.45, 7) is 4.23. The van der Waals surface area contributed by atoms with Gasteiger partial charge in [0, 0.05) is 38.8 Å². The van der Waals surface area contributed by atoms with Gasteiger partial charge in [-0.3, -0.25) is 15.0 Å². The Hall–Kier alpha value is -2.91. The van der Waals surface area contributed by atoms with Crippen molar-refractivity contribution in [1.29, 1.82) is 5.26 Å². The normalized spacial score (nSPS) is 15.4. The quantitative estimate of drug-likeness (QED) is 0.633. The Morgan fingerprint density at radius 1 is 1.08 bits per heavy atom. The third-order valence-electron chi connectivity index (χ3n) is 4.48. The highest BCUT2D eigenvalue weighted by atomic mass is 16.6. The molecule has 1 aliphatic heterocycles. The highest BCUT2D eigenvalue weighted by molar-refractivity contribution is 5.65. The summed E-state index contributed by atoms with van der Waals surface area (Å²) >= 11 is 0. The number of nitrogens with zero attached hydrogens (tertiary/aromatic N) is 4. The Kier molecular flexibility index (Phi) is 5.26. The summed E-state index contributed by atoms with van der Waals surface area (Å²) in [7, 11) is 0. The van der Waals surface area contributed by atoms with E-state index >= 15 is 0 Å². The van der Waals surface area contributed by atoms with Gasteiger partial charge in [0.2, 0.25) is 0 Å². The molecule has 0 spiro atoms. The number of hydrogen-bond acceptors (Lipinski definition) is 5. The molecule has 1 saturated heterocycles. The first kappa shape index (κ1) is 16.9. The van der Waals surface area contributed by atoms with Gasteiger partial charge in [-0.2, -0.15) is 5.26 Å². The number of nitro groups is 1. The SMILES string of the molecule is N#Cc1ccc(N2CCCN(Cc3ccccc3)CC2)c([N+](=O)[O-])c1. The van der Waals surface area contributed by atoms with Gasteiger partial charge in [-0.15, -0.1) is 0 Å². The van der Waals surface area contributed by atoms with E-state index in [2.05, 4.69) is 21.9 Å². The number of benzene rings is 2. The third-order valence-corrected chi connectivity index (χ3v) is 4.48. The molecule has 0 radical (unpaired) electrons. The topological polar surface area (TPSA) is 73.4 Å². The van der Waals surface area contributed by atoms with Gasteiger partial charge >= 0.3 is 0 Å². The summed E-state index contributed by atoms with van der Waals surface area (Å²) in [4.78, 5) is 15.4. The van der Waals surface area contributed by atoms with Gasteiger partial charge in [-0.1, -0.05) is 30.3 Å². The molecule has 0 unspecified atom stereocenters. The molecular formula is C19H20N4O2. The van der Waals surface area contributed by atoms with Crippen LogP contribution in [-0.2, 0) is 6.54 Å². The lowest BCUT2D eigenvalue weighted by molar-refractivity contribution is -0.384. The zero-order chi connectivity index (χ0) is 17.6. The fraction of sp³-hybridized carbons (Fsp3) is 0.316. The van der Waals surface area contributed by atoms with E-state index in [-0.39, 0.29) is 5.69 Å². The van der Waals surface area contributed by atoms with E-state index in [0.717, 1.165) is 39.1 Å². The predicted octanol–water partition coefficient (Wildman–Crippen LogP) is 3.18. The molecule has 1 heterocycles. The molecule has 1 aliphatic rings. The maximum Gasteiger partial charge on any atom is 0.293 e. The van der Waals surface area contributed by atoms with E-state index in [0.29, 0.717) is 11.3 Å². The Morgan fingerprint density at radius 3 is 2.60 bits per heavy atom. The summed E-state index contributed by atoms with van der Waals surface area (Å²) in [5.41, 5.74) is 2.21. The van der Waals surface area contributed by atoms with Crippen LogP contribution in [0.15, 0.2) is 48.5 Å². The number of nitriles is 1. The van der Waals surface area contributed by atoms with Crippen molar-refractivity contribution in [3.63, 3.8) is 0 Å². The van der Waals surface area contributed by atoms with E-state index in [1.54, 1.807) is 12.1 Å². The average molecular weight is 336 g/mol. The second-order valence-electron chi connectivity index (χ2n) is 6.17. The standard InChI is InChI=1S/C19H20N4O2/c20-14-17-7-8-18(19(13-17)23(24)25)22-10-4-9-21(11-12-22)15-16-5-2-1-3-6-16/h1-3,5-8,13H,4,9-12,15H2. The molecule has 0 bridgehead atoms. The largest absolute Gasteiger partial charge is 0.365 e. The van der Waals surface area contributed by atoms with Crippen LogP contribution >= 0.6 is 0 Å². The van der Waals surface area contributed by atoms with Crippen molar-refractivity contribution in [2.75, 3.05) is 31.1 Å². The molecule has 0 aliphatic carbocycles. The van der Waals surface area contributed by atoms with E-state index < -0.39 is 4.92 Å². The zero-order valence-electron chi connectivity index (χ0n) is 14.0. The summed E-state index contributed by atoms with van der Waals surface area (Å²) in [6, 6.07) is 17.0. The number of nitro benzene ring substituents is 1. The minimum Gasteiger partial charge on any atom is -0.365 e. The molecule has 3 rings (SSSR count). The van der Waals surface area contributed by atoms with Gasteiger partial charge < -0.3 is 4.90 Å². The lowest BCUT2D eigenvalue weighted by atomic mass is 10.1. The smallest absolute Gasteiger partial charge is 0.293 e. The van der Waals surface area contributed by atoms with Crippen LogP contribution in [-0.4, -0.2) is 36.0 Å². The molecule has 25 heavy (non-hydrogen) atoms. The van der Waals surface area contributed by atoms with Crippen LogP contribution in [0.2, 0.25) is 0 Å². The molecule has 0 saturated carbocycles. The van der Waals surface area contributed by atoms with Crippen LogP contribution < -0.4 is 4.90 Å². The summed E-state index contributed by atoms with van der Waals surface area (Å²) in [5.74, 6) is 0. The molecule has 0 N–H and O–H groups in total. The number of anilines is 1. The van der Waals surface area contributed by atoms with Gasteiger partial charge in [0.1, 0.15) is 5.69 Å². The summed E-state index contributed by atoms with van der Waals surface area (Å²) < 4.78 is 0. The van der Waals surface area contributed by atoms with Crippen molar-refractivity contribution < 1.29 is 4.92 Å². The molecule has 6 nitrogen and oxygen atoms in total. The fourth-order valence-electron chi connectivity index (χ4n) is 3.22. The highest BCUT2D eigenvalue weighted by Crippen LogP contribution is 2.30. The molecule has 2 aromatic carbocycles. The van der Waals surface area contributed by atoms with E-state index in [1.165, 1.54) is 11.6 Å². The van der Waals surface area contributed by atoms with Crippen molar-refractivity contribution in [1.82, 2.24) is 4.90 Å². The van der Waals surface area contributed by atoms with Crippen LogP contribution in [0.25, 0.3) is 0 Å². The fourth-order valence-corrected chi connectivity index (χ4v) is 3.22. The van der Waals surface area contributed by atoms with Crippen molar-refractivity contribution >= 4 is 11.4 Å². The lowest BCUT2D eigenvalue weighted by Gasteiger charge is -2.23. The maximum atomic E-state index is 11.4. The summed E-state index contributed by atoms with van der Waals surface area (Å²) in [6.07, 6.45) is 0.948. The van der Waals surface area contributed by atoms with Crippen LogP contribution in [0.5, 0.6) is 0 Å². The Balaban J connectivity index is 1.73. The minimum absolute atomic E-state index is 0.00978. The molecule has 0 amide bonds. The molecule has 1 fully saturated rings. The van der Waals surface area contributed by atoms with Crippen LogP contribution in [0.1, 0.15) is 17.5 Å². The first-order chi connectivity index (χ1) is 12.2. The first-order valence-corrected chi connectivity index (χ1v) is 8.37. The monoisotopic (exact) mass is 336 g/mol. The van der Waals surface area contributed by atoms with Gasteiger partial charge in [0.15, 0.2) is 0 Å². The van der Waals surface area contributed by atoms with E-state index in [9.17, 15) is 10.1 Å². The Labute approximate surface area is 147 Å². The second kappa shape index (κ2) is 7.77. The first-order valence-electron chi connectivity index (χ1n) is 8.37. The third kappa shape index (κ3) is 4.14. The van der Waals surface area contributed by atoms with Crippen LogP contribution in [0.4, 0.5) is 11.4 Å². The maximum absolute atomic E-state index is 11.4. The summed E-state index contributed by atoms with van der Waals surface area (Å²) in [5, 5.41) is 20.4. The van der Waals surface area contributed by atoms with Crippen molar-refractivity contribution in [3.8, 4) is 6.07 Å². The molecular weight excluding hydrogens is 316 g/mol. The lowest BCUT2D eigenvalue weighted by Crippen LogP contribution is -2.30. The molecule has 2 aromatic rings. The predicted molar refractivity (Wildman–Crippen MR) is 96.4 cm³/mol. The Morgan fingerprint density at radius 2 is 1.88 bits per heavy atom. The van der Waals surface area contributed by atoms with Crippen molar-refractivity contribution in [2.45, 2.75) is 13.0 Å². The van der Waals surface area contributed by atoms with Crippen LogP contribution in [0, 0.1) is 21.4 Å². The molecule has 0 atom stereocenters. The molecule has 0 aromatic heterocycles. The zero-order valence-corrected chi connectivity index (χ0v) is 14.0. The van der Waals surface area contributed by atoms with E-state index in [4.69, 9.17) is 5.26 Å². The van der Waals surface area contributed by atoms with Crippen molar-refractivity contribution in [2.24, 2.45) is 0 Å². The van der Waals surface area contributed by atoms with E-state index in [1.807, 2.05) is 24.3 Å². The number of rotatable bonds is 4. The van der Waals surface area contributed by atoms with Gasteiger partial charge in [0.05, 0.1) is 16.6 Å². The van der Waals surface area contributed by atoms with Crippen LogP contribution in [0.3, 0.4) is 0 Å². The second-order valence-corrected chi connectivity index (χ2v) is 6.17. The van der Waals surface area contributed by atoms with Gasteiger partial charge in [-0.05, 0) is 24.1 Å². The van der Waals surface area contributed by atoms with Crippen molar-refractivity contribution in [3.05, 3.63) is 69.8 Å². The highest BCUT2D eigenvalue weighted by Gasteiger charge is 2.22. The molecule has 128 valence electrons. The molecule has 6 heteroatoms. The average Bonchev–Trinajstić information content (AvgIpc) is 2.87. The van der Waals surface area contributed by atoms with Gasteiger partial charge in [0.25, 0.3) is 5.69 Å². The minimum atomic E-state index is -0.400. The number of hydrogen-bond donors (Lipinski definition) is 0. The van der Waals surface area contributed by atoms with Gasteiger partial charge in [-0.25, -0.2) is 0 Å².